The van der Waals surface area contributed by atoms with Crippen LogP contribution in [-0.4, -0.2) is 62.7 Å². The van der Waals surface area contributed by atoms with E-state index in [-0.39, 0.29) is 0 Å². The van der Waals surface area contributed by atoms with Crippen molar-refractivity contribution in [1.29, 1.82) is 0 Å². The Bertz CT molecular complexity index is 465. The zero-order chi connectivity index (χ0) is 15.9. The van der Waals surface area contributed by atoms with Crippen molar-refractivity contribution in [2.45, 2.75) is 31.7 Å². The Labute approximate surface area is 140 Å². The summed E-state index contributed by atoms with van der Waals surface area (Å²) in [7, 11) is 1.76. The molecule has 0 aromatic heterocycles. The van der Waals surface area contributed by atoms with E-state index in [9.17, 15) is 0 Å². The van der Waals surface area contributed by atoms with Gasteiger partial charge in [-0.3, -0.25) is 4.90 Å². The minimum atomic E-state index is 0.477. The first-order valence-electron chi connectivity index (χ1n) is 9.18. The molecule has 0 aliphatic carbocycles. The van der Waals surface area contributed by atoms with E-state index in [1.165, 1.54) is 44.3 Å². The third-order valence-corrected chi connectivity index (χ3v) is 5.20. The van der Waals surface area contributed by atoms with E-state index in [1.54, 1.807) is 7.11 Å². The van der Waals surface area contributed by atoms with Gasteiger partial charge < -0.3 is 15.0 Å². The fraction of sp³-hybridized carbons (Fsp3) is 0.684. The fourth-order valence-electron chi connectivity index (χ4n) is 3.84. The second-order valence-electron chi connectivity index (χ2n) is 6.79. The first-order valence-corrected chi connectivity index (χ1v) is 9.18. The number of methoxy groups -OCH3 is 1. The molecule has 3 rings (SSSR count). The lowest BCUT2D eigenvalue weighted by molar-refractivity contribution is 0.126. The van der Waals surface area contributed by atoms with Crippen molar-refractivity contribution in [2.75, 3.05) is 52.9 Å². The first kappa shape index (κ1) is 16.7. The molecule has 1 N–H and O–H groups in total. The summed E-state index contributed by atoms with van der Waals surface area (Å²) in [5, 5.41) is 3.48. The second-order valence-corrected chi connectivity index (χ2v) is 6.79. The molecule has 4 heteroatoms. The summed E-state index contributed by atoms with van der Waals surface area (Å²) >= 11 is 0. The maximum atomic E-state index is 5.46. The van der Waals surface area contributed by atoms with Crippen molar-refractivity contribution < 1.29 is 4.74 Å². The maximum Gasteiger partial charge on any atom is 0.119 e. The molecule has 23 heavy (non-hydrogen) atoms. The highest BCUT2D eigenvalue weighted by molar-refractivity contribution is 5.31. The van der Waals surface area contributed by atoms with Gasteiger partial charge in [-0.2, -0.15) is 0 Å². The number of rotatable bonds is 5. The molecule has 0 radical (unpaired) electrons. The molecule has 1 atom stereocenters. The molecule has 2 fully saturated rings. The highest BCUT2D eigenvalue weighted by atomic mass is 16.5. The van der Waals surface area contributed by atoms with E-state index in [4.69, 9.17) is 4.74 Å². The van der Waals surface area contributed by atoms with Crippen LogP contribution in [0.3, 0.4) is 0 Å². The normalized spacial score (nSPS) is 22.5. The van der Waals surface area contributed by atoms with Crippen molar-refractivity contribution in [3.63, 3.8) is 0 Å². The molecule has 2 aliphatic rings. The molecule has 0 saturated carbocycles. The van der Waals surface area contributed by atoms with Gasteiger partial charge in [0.25, 0.3) is 0 Å². The van der Waals surface area contributed by atoms with Gasteiger partial charge in [0.2, 0.25) is 0 Å². The lowest BCUT2D eigenvalue weighted by Gasteiger charge is -2.38. The number of benzene rings is 1. The standard InChI is InChI=1S/C19H31N3O/c1-23-18-8-6-7-17(15-18)19(22-13-9-20-10-14-22)16-21-11-4-2-3-5-12-21/h6-8,15,19-20H,2-5,9-14,16H2,1H3. The summed E-state index contributed by atoms with van der Waals surface area (Å²) in [5.41, 5.74) is 1.40. The van der Waals surface area contributed by atoms with E-state index >= 15 is 0 Å². The minimum Gasteiger partial charge on any atom is -0.497 e. The summed E-state index contributed by atoms with van der Waals surface area (Å²) in [6, 6.07) is 9.15. The van der Waals surface area contributed by atoms with Crippen LogP contribution in [0.2, 0.25) is 0 Å². The SMILES string of the molecule is COc1cccc(C(CN2CCCCCC2)N2CCNCC2)c1. The summed E-state index contributed by atoms with van der Waals surface area (Å²) in [6.07, 6.45) is 5.50. The van der Waals surface area contributed by atoms with E-state index in [1.807, 2.05) is 6.07 Å². The zero-order valence-electron chi connectivity index (χ0n) is 14.5. The Morgan fingerprint density at radius 2 is 1.78 bits per heavy atom. The van der Waals surface area contributed by atoms with Crippen LogP contribution in [0.15, 0.2) is 24.3 Å². The van der Waals surface area contributed by atoms with Gasteiger partial charge in [-0.05, 0) is 43.6 Å². The Morgan fingerprint density at radius 1 is 1.04 bits per heavy atom. The van der Waals surface area contributed by atoms with Gasteiger partial charge in [-0.1, -0.05) is 25.0 Å². The Kier molecular flexibility index (Phi) is 6.31. The lowest BCUT2D eigenvalue weighted by Crippen LogP contribution is -2.48. The number of ether oxygens (including phenoxy) is 1. The number of hydrogen-bond donors (Lipinski definition) is 1. The van der Waals surface area contributed by atoms with Gasteiger partial charge >= 0.3 is 0 Å². The molecule has 0 amide bonds. The Morgan fingerprint density at radius 3 is 2.48 bits per heavy atom. The first-order chi connectivity index (χ1) is 11.4. The summed E-state index contributed by atoms with van der Waals surface area (Å²) < 4.78 is 5.46. The topological polar surface area (TPSA) is 27.7 Å². The van der Waals surface area contributed by atoms with E-state index in [0.717, 1.165) is 38.5 Å². The molecule has 2 aliphatic heterocycles. The number of nitrogens with one attached hydrogen (secondary N) is 1. The van der Waals surface area contributed by atoms with Crippen molar-refractivity contribution in [3.05, 3.63) is 29.8 Å². The summed E-state index contributed by atoms with van der Waals surface area (Å²) in [4.78, 5) is 5.33. The third-order valence-electron chi connectivity index (χ3n) is 5.20. The Balaban J connectivity index is 1.77. The molecule has 1 unspecified atom stereocenters. The van der Waals surface area contributed by atoms with Gasteiger partial charge in [0.1, 0.15) is 5.75 Å². The average Bonchev–Trinajstić information content (AvgIpc) is 2.89. The average molecular weight is 317 g/mol. The smallest absolute Gasteiger partial charge is 0.119 e. The predicted octanol–water partition coefficient (Wildman–Crippen LogP) is 2.52. The summed E-state index contributed by atoms with van der Waals surface area (Å²) in [6.45, 7) is 8.12. The van der Waals surface area contributed by atoms with Crippen LogP contribution in [-0.2, 0) is 0 Å². The van der Waals surface area contributed by atoms with Crippen LogP contribution in [0.1, 0.15) is 37.3 Å². The van der Waals surface area contributed by atoms with Crippen molar-refractivity contribution in [2.24, 2.45) is 0 Å². The van der Waals surface area contributed by atoms with Crippen molar-refractivity contribution in [1.82, 2.24) is 15.1 Å². The van der Waals surface area contributed by atoms with Gasteiger partial charge in [0, 0.05) is 38.8 Å². The van der Waals surface area contributed by atoms with Gasteiger partial charge in [0.05, 0.1) is 7.11 Å². The van der Waals surface area contributed by atoms with E-state index < -0.39 is 0 Å². The van der Waals surface area contributed by atoms with Crippen LogP contribution >= 0.6 is 0 Å². The largest absolute Gasteiger partial charge is 0.497 e. The number of nitrogens with zero attached hydrogens (tertiary/aromatic N) is 2. The van der Waals surface area contributed by atoms with Crippen LogP contribution < -0.4 is 10.1 Å². The summed E-state index contributed by atoms with van der Waals surface area (Å²) in [5.74, 6) is 0.971. The second kappa shape index (κ2) is 8.67. The fourth-order valence-corrected chi connectivity index (χ4v) is 3.84. The van der Waals surface area contributed by atoms with Crippen molar-refractivity contribution in [3.8, 4) is 5.75 Å². The Hall–Kier alpha value is -1.10. The third kappa shape index (κ3) is 4.69. The van der Waals surface area contributed by atoms with Gasteiger partial charge in [-0.25, -0.2) is 0 Å². The van der Waals surface area contributed by atoms with Gasteiger partial charge in [0.15, 0.2) is 0 Å². The van der Waals surface area contributed by atoms with Crippen LogP contribution in [0.5, 0.6) is 5.75 Å². The molecule has 0 bridgehead atoms. The quantitative estimate of drug-likeness (QED) is 0.903. The molecular formula is C19H31N3O. The molecule has 1 aromatic carbocycles. The molecule has 2 heterocycles. The molecule has 2 saturated heterocycles. The van der Waals surface area contributed by atoms with E-state index in [0.29, 0.717) is 6.04 Å². The van der Waals surface area contributed by atoms with E-state index in [2.05, 4.69) is 33.3 Å². The minimum absolute atomic E-state index is 0.477. The van der Waals surface area contributed by atoms with Crippen LogP contribution in [0.25, 0.3) is 0 Å². The predicted molar refractivity (Wildman–Crippen MR) is 95.1 cm³/mol. The molecule has 1 aromatic rings. The van der Waals surface area contributed by atoms with Crippen LogP contribution in [0.4, 0.5) is 0 Å². The highest BCUT2D eigenvalue weighted by Gasteiger charge is 2.25. The molecule has 128 valence electrons. The molecule has 0 spiro atoms. The monoisotopic (exact) mass is 317 g/mol. The lowest BCUT2D eigenvalue weighted by atomic mass is 10.0. The molecular weight excluding hydrogens is 286 g/mol. The van der Waals surface area contributed by atoms with Crippen molar-refractivity contribution >= 4 is 0 Å². The maximum absolute atomic E-state index is 5.46. The van der Waals surface area contributed by atoms with Gasteiger partial charge in [-0.15, -0.1) is 0 Å². The zero-order valence-corrected chi connectivity index (χ0v) is 14.5. The number of likely N-dealkylation sites (tertiary alicyclic amines) is 1. The highest BCUT2D eigenvalue weighted by Crippen LogP contribution is 2.26. The molecule has 4 nitrogen and oxygen atoms in total. The number of piperazine rings is 1. The van der Waals surface area contributed by atoms with Crippen LogP contribution in [0, 0.1) is 0 Å². The number of hydrogen-bond acceptors (Lipinski definition) is 4.